The Labute approximate surface area is 134 Å². The fourth-order valence-corrected chi connectivity index (χ4v) is 3.48. The summed E-state index contributed by atoms with van der Waals surface area (Å²) in [5.74, 6) is -1.25. The van der Waals surface area contributed by atoms with Crippen molar-refractivity contribution >= 4 is 11.9 Å². The topological polar surface area (TPSA) is 72.8 Å². The molecule has 5 heteroatoms. The van der Waals surface area contributed by atoms with Crippen molar-refractivity contribution < 1.29 is 24.2 Å². The second kappa shape index (κ2) is 5.81. The van der Waals surface area contributed by atoms with Crippen molar-refractivity contribution in [1.82, 2.24) is 0 Å². The summed E-state index contributed by atoms with van der Waals surface area (Å²) in [7, 11) is 0. The molecule has 1 saturated heterocycles. The van der Waals surface area contributed by atoms with Crippen molar-refractivity contribution in [2.75, 3.05) is 0 Å². The van der Waals surface area contributed by atoms with Crippen LogP contribution in [0, 0.1) is 5.92 Å². The van der Waals surface area contributed by atoms with Crippen LogP contribution in [0.2, 0.25) is 0 Å². The summed E-state index contributed by atoms with van der Waals surface area (Å²) < 4.78 is 10.9. The molecule has 3 rings (SSSR count). The number of hydrogen-bond acceptors (Lipinski definition) is 5. The van der Waals surface area contributed by atoms with E-state index >= 15 is 0 Å². The highest BCUT2D eigenvalue weighted by Gasteiger charge is 2.58. The zero-order valence-electron chi connectivity index (χ0n) is 13.0. The predicted octanol–water partition coefficient (Wildman–Crippen LogP) is 2.24. The van der Waals surface area contributed by atoms with Gasteiger partial charge in [0.1, 0.15) is 12.2 Å². The molecule has 0 unspecified atom stereocenters. The highest BCUT2D eigenvalue weighted by atomic mass is 16.6. The Bertz CT molecular complexity index is 638. The van der Waals surface area contributed by atoms with Gasteiger partial charge in [-0.05, 0) is 31.9 Å². The Morgan fingerprint density at radius 2 is 2.09 bits per heavy atom. The average molecular weight is 316 g/mol. The van der Waals surface area contributed by atoms with Crippen LogP contribution in [-0.4, -0.2) is 34.9 Å². The Balaban J connectivity index is 1.81. The minimum atomic E-state index is -1.46. The molecule has 1 aromatic carbocycles. The summed E-state index contributed by atoms with van der Waals surface area (Å²) in [6.07, 6.45) is -0.195. The van der Waals surface area contributed by atoms with Gasteiger partial charge in [0.2, 0.25) is 0 Å². The van der Waals surface area contributed by atoms with Gasteiger partial charge in [-0.25, -0.2) is 9.59 Å². The molecule has 1 N–H and O–H groups in total. The van der Waals surface area contributed by atoms with Gasteiger partial charge in [0.25, 0.3) is 0 Å². The molecule has 1 aliphatic heterocycles. The van der Waals surface area contributed by atoms with Crippen LogP contribution >= 0.6 is 0 Å². The lowest BCUT2D eigenvalue weighted by Gasteiger charge is -2.36. The molecular weight excluding hydrogens is 296 g/mol. The van der Waals surface area contributed by atoms with Gasteiger partial charge in [-0.2, -0.15) is 0 Å². The van der Waals surface area contributed by atoms with Gasteiger partial charge < -0.3 is 14.6 Å². The Kier molecular flexibility index (Phi) is 3.98. The lowest BCUT2D eigenvalue weighted by molar-refractivity contribution is -0.154. The van der Waals surface area contributed by atoms with E-state index < -0.39 is 29.7 Å². The highest BCUT2D eigenvalue weighted by molar-refractivity contribution is 5.89. The first-order valence-electron chi connectivity index (χ1n) is 7.73. The Morgan fingerprint density at radius 3 is 2.74 bits per heavy atom. The average Bonchev–Trinajstić information content (AvgIpc) is 2.74. The third-order valence-corrected chi connectivity index (χ3v) is 4.47. The van der Waals surface area contributed by atoms with Crippen LogP contribution in [0.25, 0.3) is 0 Å². The fourth-order valence-electron chi connectivity index (χ4n) is 3.48. The molecule has 0 aromatic heterocycles. The SMILES string of the molecule is C=C(C)C[C@@H]1C[C@]2(O)C[C@H](OC2=O)[C@@H]1OC(=O)c1ccccc1. The maximum atomic E-state index is 12.3. The molecule has 1 saturated carbocycles. The van der Waals surface area contributed by atoms with E-state index in [0.717, 1.165) is 5.57 Å². The van der Waals surface area contributed by atoms with E-state index in [1.54, 1.807) is 24.3 Å². The lowest BCUT2D eigenvalue weighted by atomic mass is 9.74. The van der Waals surface area contributed by atoms with Gasteiger partial charge >= 0.3 is 11.9 Å². The monoisotopic (exact) mass is 316 g/mol. The highest BCUT2D eigenvalue weighted by Crippen LogP contribution is 2.44. The second-order valence-electron chi connectivity index (χ2n) is 6.54. The fraction of sp³-hybridized carbons (Fsp3) is 0.444. The number of rotatable bonds is 4. The summed E-state index contributed by atoms with van der Waals surface area (Å²) in [4.78, 5) is 24.2. The quantitative estimate of drug-likeness (QED) is 0.681. The van der Waals surface area contributed by atoms with Crippen LogP contribution in [0.15, 0.2) is 42.5 Å². The van der Waals surface area contributed by atoms with E-state index in [0.29, 0.717) is 12.0 Å². The number of carbonyl (C=O) groups is 2. The van der Waals surface area contributed by atoms with Crippen LogP contribution in [0.3, 0.4) is 0 Å². The van der Waals surface area contributed by atoms with E-state index in [2.05, 4.69) is 6.58 Å². The van der Waals surface area contributed by atoms with Crippen molar-refractivity contribution in [3.63, 3.8) is 0 Å². The zero-order chi connectivity index (χ0) is 16.6. The van der Waals surface area contributed by atoms with E-state index in [4.69, 9.17) is 9.47 Å². The molecule has 122 valence electrons. The molecule has 5 nitrogen and oxygen atoms in total. The maximum absolute atomic E-state index is 12.3. The number of allylic oxidation sites excluding steroid dienone is 1. The van der Waals surface area contributed by atoms with E-state index in [9.17, 15) is 14.7 Å². The molecule has 1 aromatic rings. The molecule has 2 fully saturated rings. The van der Waals surface area contributed by atoms with Gasteiger partial charge in [0.15, 0.2) is 5.60 Å². The summed E-state index contributed by atoms with van der Waals surface area (Å²) >= 11 is 0. The largest absolute Gasteiger partial charge is 0.456 e. The smallest absolute Gasteiger partial charge is 0.338 e. The summed E-state index contributed by atoms with van der Waals surface area (Å²) in [6, 6.07) is 8.69. The molecule has 23 heavy (non-hydrogen) atoms. The van der Waals surface area contributed by atoms with Crippen molar-refractivity contribution in [1.29, 1.82) is 0 Å². The van der Waals surface area contributed by atoms with Crippen molar-refractivity contribution in [3.8, 4) is 0 Å². The molecule has 1 heterocycles. The van der Waals surface area contributed by atoms with Crippen molar-refractivity contribution in [3.05, 3.63) is 48.0 Å². The number of carbonyl (C=O) groups excluding carboxylic acids is 2. The Hall–Kier alpha value is -2.14. The molecule has 0 radical (unpaired) electrons. The van der Waals surface area contributed by atoms with Crippen LogP contribution in [0.5, 0.6) is 0 Å². The summed E-state index contributed by atoms with van der Waals surface area (Å²) in [5, 5.41) is 10.4. The van der Waals surface area contributed by atoms with Gasteiger partial charge in [-0.1, -0.05) is 23.8 Å². The minimum Gasteiger partial charge on any atom is -0.456 e. The molecule has 4 atom stereocenters. The molecule has 0 spiro atoms. The summed E-state index contributed by atoms with van der Waals surface area (Å²) in [6.45, 7) is 5.76. The number of aliphatic hydroxyl groups is 1. The van der Waals surface area contributed by atoms with E-state index in [-0.39, 0.29) is 18.8 Å². The van der Waals surface area contributed by atoms with E-state index in [1.807, 2.05) is 13.0 Å². The van der Waals surface area contributed by atoms with Crippen molar-refractivity contribution in [2.45, 2.75) is 44.0 Å². The number of fused-ring (bicyclic) bond motifs is 2. The third kappa shape index (κ3) is 3.01. The first kappa shape index (κ1) is 15.7. The van der Waals surface area contributed by atoms with Crippen LogP contribution in [0.4, 0.5) is 0 Å². The molecule has 1 aliphatic carbocycles. The lowest BCUT2D eigenvalue weighted by Crippen LogP contribution is -2.47. The normalized spacial score (nSPS) is 32.3. The van der Waals surface area contributed by atoms with Crippen LogP contribution in [-0.2, 0) is 14.3 Å². The van der Waals surface area contributed by atoms with Crippen LogP contribution < -0.4 is 0 Å². The predicted molar refractivity (Wildman–Crippen MR) is 82.6 cm³/mol. The van der Waals surface area contributed by atoms with Gasteiger partial charge in [0.05, 0.1) is 5.56 Å². The maximum Gasteiger partial charge on any atom is 0.338 e. The van der Waals surface area contributed by atoms with Crippen molar-refractivity contribution in [2.24, 2.45) is 5.92 Å². The standard InChI is InChI=1S/C18H20O5/c1-11(2)8-13-9-18(21)10-14(22-17(18)20)15(13)23-16(19)12-6-4-3-5-7-12/h3-7,13-15,21H,1,8-10H2,2H3/t13-,14+,15-,18+/m1/s1. The van der Waals surface area contributed by atoms with Gasteiger partial charge in [0, 0.05) is 12.3 Å². The summed E-state index contributed by atoms with van der Waals surface area (Å²) in [5.41, 5.74) is -0.0969. The van der Waals surface area contributed by atoms with Crippen LogP contribution in [0.1, 0.15) is 36.5 Å². The van der Waals surface area contributed by atoms with E-state index in [1.165, 1.54) is 0 Å². The number of benzene rings is 1. The third-order valence-electron chi connectivity index (χ3n) is 4.47. The molecule has 2 aliphatic rings. The number of hydrogen-bond donors (Lipinski definition) is 1. The minimum absolute atomic E-state index is 0.172. The second-order valence-corrected chi connectivity index (χ2v) is 6.54. The first-order chi connectivity index (χ1) is 10.9. The zero-order valence-corrected chi connectivity index (χ0v) is 13.0. The molecule has 2 bridgehead atoms. The first-order valence-corrected chi connectivity index (χ1v) is 7.73. The van der Waals surface area contributed by atoms with Gasteiger partial charge in [-0.3, -0.25) is 0 Å². The molecular formula is C18H20O5. The van der Waals surface area contributed by atoms with Gasteiger partial charge in [-0.15, -0.1) is 6.58 Å². The molecule has 0 amide bonds. The number of esters is 2. The number of ether oxygens (including phenoxy) is 2. The Morgan fingerprint density at radius 1 is 1.39 bits per heavy atom.